The fourth-order valence-corrected chi connectivity index (χ4v) is 4.11. The molecule has 2 aromatic carbocycles. The number of H-pyrrole nitrogens is 1. The number of aromatic amines is 1. The van der Waals surface area contributed by atoms with E-state index in [0.29, 0.717) is 11.1 Å². The Kier molecular flexibility index (Phi) is 4.54. The summed E-state index contributed by atoms with van der Waals surface area (Å²) in [6, 6.07) is 14.9. The van der Waals surface area contributed by atoms with E-state index in [-0.39, 0.29) is 37.4 Å². The van der Waals surface area contributed by atoms with Gasteiger partial charge >= 0.3 is 0 Å². The van der Waals surface area contributed by atoms with Gasteiger partial charge in [0.05, 0.1) is 0 Å². The van der Waals surface area contributed by atoms with Crippen molar-refractivity contribution in [3.8, 4) is 11.1 Å². The minimum Gasteiger partial charge on any atom is -0.338 e. The highest BCUT2D eigenvalue weighted by Crippen LogP contribution is 2.32. The molecule has 1 N–H and O–H groups in total. The van der Waals surface area contributed by atoms with Gasteiger partial charge in [-0.05, 0) is 40.6 Å². The largest absolute Gasteiger partial charge is 0.338 e. The number of rotatable bonds is 2. The summed E-state index contributed by atoms with van der Waals surface area (Å²) in [7, 11) is 0. The number of benzene rings is 2. The van der Waals surface area contributed by atoms with E-state index in [9.17, 15) is 18.4 Å². The number of halogens is 2. The van der Waals surface area contributed by atoms with Crippen molar-refractivity contribution in [3.63, 3.8) is 0 Å². The van der Waals surface area contributed by atoms with Gasteiger partial charge in [0.2, 0.25) is 0 Å². The van der Waals surface area contributed by atoms with Gasteiger partial charge in [-0.25, -0.2) is 13.8 Å². The van der Waals surface area contributed by atoms with E-state index in [1.54, 1.807) is 30.6 Å². The predicted molar refractivity (Wildman–Crippen MR) is 115 cm³/mol. The van der Waals surface area contributed by atoms with Crippen molar-refractivity contribution in [2.24, 2.45) is 0 Å². The Morgan fingerprint density at radius 3 is 2.65 bits per heavy atom. The van der Waals surface area contributed by atoms with Gasteiger partial charge in [0.1, 0.15) is 5.52 Å². The number of carbonyl (C=O) groups excluding carboxylic acids is 1. The molecule has 1 amide bonds. The standard InChI is InChI=1S/C24H19F2N3O2/c25-24(26)7-10-29(11-8-24)23(31)17-4-5-20-15(12-17)2-1-3-19(20)18-13-16-6-9-27-22(30)21(16)28-14-18/h1-6,9,12-14H,7-8,10-11H2,(H,27,30). The highest BCUT2D eigenvalue weighted by atomic mass is 19.3. The zero-order chi connectivity index (χ0) is 21.6. The molecule has 1 aliphatic heterocycles. The lowest BCUT2D eigenvalue weighted by molar-refractivity contribution is -0.0494. The number of aromatic nitrogens is 2. The molecule has 156 valence electrons. The fraction of sp³-hybridized carbons (Fsp3) is 0.208. The Morgan fingerprint density at radius 2 is 1.84 bits per heavy atom. The third-order valence-electron chi connectivity index (χ3n) is 5.83. The molecule has 0 atom stereocenters. The van der Waals surface area contributed by atoms with Gasteiger partial charge in [0.15, 0.2) is 0 Å². The van der Waals surface area contributed by atoms with E-state index in [0.717, 1.165) is 27.3 Å². The van der Waals surface area contributed by atoms with Crippen LogP contribution in [-0.4, -0.2) is 39.8 Å². The van der Waals surface area contributed by atoms with Crippen LogP contribution in [-0.2, 0) is 0 Å². The van der Waals surface area contributed by atoms with Crippen LogP contribution in [0, 0.1) is 0 Å². The van der Waals surface area contributed by atoms with Crippen molar-refractivity contribution in [1.29, 1.82) is 0 Å². The van der Waals surface area contributed by atoms with Gasteiger partial charge in [0, 0.05) is 54.8 Å². The smallest absolute Gasteiger partial charge is 0.274 e. The Balaban J connectivity index is 1.51. The summed E-state index contributed by atoms with van der Waals surface area (Å²) < 4.78 is 26.8. The number of hydrogen-bond acceptors (Lipinski definition) is 3. The van der Waals surface area contributed by atoms with Crippen LogP contribution in [0.2, 0.25) is 0 Å². The maximum atomic E-state index is 13.4. The van der Waals surface area contributed by atoms with E-state index < -0.39 is 5.92 Å². The van der Waals surface area contributed by atoms with Crippen LogP contribution in [0.25, 0.3) is 32.8 Å². The molecule has 31 heavy (non-hydrogen) atoms. The molecule has 5 rings (SSSR count). The Bertz CT molecular complexity index is 1370. The molecule has 0 unspecified atom stereocenters. The minimum absolute atomic E-state index is 0.0613. The first-order chi connectivity index (χ1) is 14.9. The number of nitrogens with one attached hydrogen (secondary N) is 1. The lowest BCUT2D eigenvalue weighted by atomic mass is 9.96. The number of piperidine rings is 1. The molecule has 2 aromatic heterocycles. The lowest BCUT2D eigenvalue weighted by Gasteiger charge is -2.31. The van der Waals surface area contributed by atoms with E-state index in [2.05, 4.69) is 9.97 Å². The number of fused-ring (bicyclic) bond motifs is 2. The average molecular weight is 419 g/mol. The molecular formula is C24H19F2N3O2. The zero-order valence-corrected chi connectivity index (χ0v) is 16.6. The van der Waals surface area contributed by atoms with Crippen LogP contribution in [0.5, 0.6) is 0 Å². The summed E-state index contributed by atoms with van der Waals surface area (Å²) in [6.45, 7) is 0.123. The topological polar surface area (TPSA) is 66.1 Å². The van der Waals surface area contributed by atoms with Crippen molar-refractivity contribution in [2.75, 3.05) is 13.1 Å². The summed E-state index contributed by atoms with van der Waals surface area (Å²) in [5.41, 5.74) is 2.43. The molecule has 0 radical (unpaired) electrons. The minimum atomic E-state index is -2.69. The van der Waals surface area contributed by atoms with Crippen LogP contribution in [0.15, 0.2) is 65.7 Å². The molecule has 7 heteroatoms. The fourth-order valence-electron chi connectivity index (χ4n) is 4.11. The van der Waals surface area contributed by atoms with E-state index in [1.807, 2.05) is 30.3 Å². The predicted octanol–water partition coefficient (Wildman–Crippen LogP) is 4.61. The molecule has 0 aliphatic carbocycles. The van der Waals surface area contributed by atoms with Crippen LogP contribution >= 0.6 is 0 Å². The first kappa shape index (κ1) is 19.4. The zero-order valence-electron chi connectivity index (χ0n) is 16.6. The highest BCUT2D eigenvalue weighted by molar-refractivity contribution is 6.03. The average Bonchev–Trinajstić information content (AvgIpc) is 2.78. The number of likely N-dealkylation sites (tertiary alicyclic amines) is 1. The lowest BCUT2D eigenvalue weighted by Crippen LogP contribution is -2.42. The third-order valence-corrected chi connectivity index (χ3v) is 5.83. The molecule has 4 aromatic rings. The van der Waals surface area contributed by atoms with Gasteiger partial charge in [-0.15, -0.1) is 0 Å². The molecule has 3 heterocycles. The van der Waals surface area contributed by atoms with Crippen LogP contribution in [0.4, 0.5) is 8.78 Å². The number of pyridine rings is 2. The van der Waals surface area contributed by atoms with Gasteiger partial charge in [-0.2, -0.15) is 0 Å². The molecule has 1 saturated heterocycles. The van der Waals surface area contributed by atoms with Crippen LogP contribution < -0.4 is 5.56 Å². The highest BCUT2D eigenvalue weighted by Gasteiger charge is 2.35. The second-order valence-corrected chi connectivity index (χ2v) is 7.86. The van der Waals surface area contributed by atoms with Gasteiger partial charge in [0.25, 0.3) is 17.4 Å². The summed E-state index contributed by atoms with van der Waals surface area (Å²) in [6.07, 6.45) is 2.66. The number of alkyl halides is 2. The van der Waals surface area contributed by atoms with Gasteiger partial charge < -0.3 is 9.88 Å². The maximum absolute atomic E-state index is 13.4. The molecular weight excluding hydrogens is 400 g/mol. The third kappa shape index (κ3) is 3.56. The van der Waals surface area contributed by atoms with Gasteiger partial charge in [-0.3, -0.25) is 9.59 Å². The Hall–Kier alpha value is -3.61. The van der Waals surface area contributed by atoms with Crippen LogP contribution in [0.1, 0.15) is 23.2 Å². The van der Waals surface area contributed by atoms with Crippen molar-refractivity contribution in [1.82, 2.24) is 14.9 Å². The second kappa shape index (κ2) is 7.27. The van der Waals surface area contributed by atoms with Crippen molar-refractivity contribution >= 4 is 27.6 Å². The molecule has 1 fully saturated rings. The number of carbonyl (C=O) groups is 1. The number of amides is 1. The Morgan fingerprint density at radius 1 is 1.03 bits per heavy atom. The van der Waals surface area contributed by atoms with E-state index in [4.69, 9.17) is 0 Å². The van der Waals surface area contributed by atoms with Crippen molar-refractivity contribution < 1.29 is 13.6 Å². The Labute approximate surface area is 176 Å². The molecule has 5 nitrogen and oxygen atoms in total. The molecule has 1 aliphatic rings. The first-order valence-corrected chi connectivity index (χ1v) is 10.1. The van der Waals surface area contributed by atoms with Crippen molar-refractivity contribution in [2.45, 2.75) is 18.8 Å². The molecule has 0 spiro atoms. The summed E-state index contributed by atoms with van der Waals surface area (Å²) in [4.78, 5) is 33.2. The summed E-state index contributed by atoms with van der Waals surface area (Å²) in [5.74, 6) is -2.91. The van der Waals surface area contributed by atoms with E-state index in [1.165, 1.54) is 4.90 Å². The molecule has 0 bridgehead atoms. The van der Waals surface area contributed by atoms with Gasteiger partial charge in [-0.1, -0.05) is 24.3 Å². The quantitative estimate of drug-likeness (QED) is 0.516. The first-order valence-electron chi connectivity index (χ1n) is 10.1. The van der Waals surface area contributed by atoms with E-state index >= 15 is 0 Å². The monoisotopic (exact) mass is 419 g/mol. The SMILES string of the molecule is O=C(c1ccc2c(-c3cnc4c(=O)[nH]ccc4c3)cccc2c1)N1CCC(F)(F)CC1. The molecule has 0 saturated carbocycles. The van der Waals surface area contributed by atoms with Crippen molar-refractivity contribution in [3.05, 3.63) is 76.8 Å². The summed E-state index contributed by atoms with van der Waals surface area (Å²) in [5, 5.41) is 2.55. The normalized spacial score (nSPS) is 16.0. The number of hydrogen-bond donors (Lipinski definition) is 1. The second-order valence-electron chi connectivity index (χ2n) is 7.86. The summed E-state index contributed by atoms with van der Waals surface area (Å²) >= 11 is 0. The van der Waals surface area contributed by atoms with Crippen LogP contribution in [0.3, 0.4) is 0 Å². The maximum Gasteiger partial charge on any atom is 0.274 e. The number of nitrogens with zero attached hydrogens (tertiary/aromatic N) is 2.